The van der Waals surface area contributed by atoms with Crippen LogP contribution in [0.3, 0.4) is 0 Å². The predicted octanol–water partition coefficient (Wildman–Crippen LogP) is 1.35. The Morgan fingerprint density at radius 2 is 2.56 bits per heavy atom. The first kappa shape index (κ1) is 6.29. The number of hydrazone groups is 1. The molecule has 3 heteroatoms. The van der Waals surface area contributed by atoms with E-state index in [1.54, 1.807) is 17.6 Å². The molecule has 2 N–H and O–H groups in total. The summed E-state index contributed by atoms with van der Waals surface area (Å²) in [6.45, 7) is 2.04. The number of hydrogen-bond acceptors (Lipinski definition) is 3. The zero-order chi connectivity index (χ0) is 6.69. The van der Waals surface area contributed by atoms with Crippen LogP contribution in [0.25, 0.3) is 0 Å². The van der Waals surface area contributed by atoms with Gasteiger partial charge in [0.25, 0.3) is 0 Å². The van der Waals surface area contributed by atoms with E-state index in [1.165, 1.54) is 5.56 Å². The molecule has 1 aromatic rings. The van der Waals surface area contributed by atoms with Crippen LogP contribution in [0.5, 0.6) is 0 Å². The van der Waals surface area contributed by atoms with Crippen molar-refractivity contribution in [2.75, 3.05) is 0 Å². The second-order valence-corrected chi connectivity index (χ2v) is 2.69. The SMILES string of the molecule is Cc1ccsc1/C=N/N. The van der Waals surface area contributed by atoms with Crippen molar-refractivity contribution in [3.63, 3.8) is 0 Å². The Morgan fingerprint density at radius 1 is 1.78 bits per heavy atom. The third kappa shape index (κ3) is 1.29. The quantitative estimate of drug-likeness (QED) is 0.357. The zero-order valence-corrected chi connectivity index (χ0v) is 5.98. The highest BCUT2D eigenvalue weighted by Gasteiger charge is 1.92. The molecular weight excluding hydrogens is 132 g/mol. The van der Waals surface area contributed by atoms with Crippen LogP contribution in [0.15, 0.2) is 16.5 Å². The topological polar surface area (TPSA) is 38.4 Å². The van der Waals surface area contributed by atoms with Gasteiger partial charge < -0.3 is 5.84 Å². The van der Waals surface area contributed by atoms with Crippen molar-refractivity contribution in [1.82, 2.24) is 0 Å². The molecule has 0 aliphatic rings. The van der Waals surface area contributed by atoms with E-state index in [4.69, 9.17) is 5.84 Å². The Morgan fingerprint density at radius 3 is 3.00 bits per heavy atom. The van der Waals surface area contributed by atoms with Crippen molar-refractivity contribution >= 4 is 17.6 Å². The van der Waals surface area contributed by atoms with Crippen LogP contribution in [0.1, 0.15) is 10.4 Å². The van der Waals surface area contributed by atoms with E-state index in [-0.39, 0.29) is 0 Å². The second kappa shape index (κ2) is 2.64. The van der Waals surface area contributed by atoms with Crippen molar-refractivity contribution in [2.24, 2.45) is 10.9 Å². The van der Waals surface area contributed by atoms with Gasteiger partial charge in [0.15, 0.2) is 0 Å². The smallest absolute Gasteiger partial charge is 0.0640 e. The van der Waals surface area contributed by atoms with Gasteiger partial charge in [-0.2, -0.15) is 5.10 Å². The van der Waals surface area contributed by atoms with Gasteiger partial charge in [0.1, 0.15) is 0 Å². The molecule has 0 spiro atoms. The number of nitrogens with zero attached hydrogens (tertiary/aromatic N) is 1. The molecule has 48 valence electrons. The molecule has 0 saturated heterocycles. The molecule has 9 heavy (non-hydrogen) atoms. The minimum absolute atomic E-state index is 1.14. The van der Waals surface area contributed by atoms with Crippen molar-refractivity contribution in [1.29, 1.82) is 0 Å². The Kier molecular flexibility index (Phi) is 1.85. The molecule has 1 heterocycles. The first-order valence-electron chi connectivity index (χ1n) is 2.62. The molecule has 0 aliphatic carbocycles. The average molecular weight is 140 g/mol. The van der Waals surface area contributed by atoms with Crippen LogP contribution in [0, 0.1) is 6.92 Å². The van der Waals surface area contributed by atoms with E-state index in [0.29, 0.717) is 0 Å². The first-order chi connectivity index (χ1) is 4.34. The van der Waals surface area contributed by atoms with E-state index >= 15 is 0 Å². The summed E-state index contributed by atoms with van der Waals surface area (Å²) in [5.41, 5.74) is 1.23. The standard InChI is InChI=1S/C6H8N2S/c1-5-2-3-9-6(5)4-8-7/h2-4H,7H2,1H3/b8-4+. The van der Waals surface area contributed by atoms with Crippen molar-refractivity contribution < 1.29 is 0 Å². The summed E-state index contributed by atoms with van der Waals surface area (Å²) in [6, 6.07) is 2.04. The fourth-order valence-electron chi connectivity index (χ4n) is 0.584. The largest absolute Gasteiger partial charge is 0.323 e. The van der Waals surface area contributed by atoms with Gasteiger partial charge in [-0.05, 0) is 23.9 Å². The fraction of sp³-hybridized carbons (Fsp3) is 0.167. The van der Waals surface area contributed by atoms with Crippen LogP contribution in [-0.4, -0.2) is 6.21 Å². The molecule has 0 bridgehead atoms. The van der Waals surface area contributed by atoms with E-state index in [9.17, 15) is 0 Å². The fourth-order valence-corrected chi connectivity index (χ4v) is 1.38. The van der Waals surface area contributed by atoms with Gasteiger partial charge in [-0.15, -0.1) is 11.3 Å². The molecule has 0 saturated carbocycles. The molecule has 0 fully saturated rings. The molecule has 1 rings (SSSR count). The molecule has 0 atom stereocenters. The molecule has 0 aromatic carbocycles. The number of thiophene rings is 1. The van der Waals surface area contributed by atoms with Crippen LogP contribution < -0.4 is 5.84 Å². The van der Waals surface area contributed by atoms with Gasteiger partial charge in [0.2, 0.25) is 0 Å². The molecule has 0 amide bonds. The monoisotopic (exact) mass is 140 g/mol. The summed E-state index contributed by atoms with van der Waals surface area (Å²) in [6.07, 6.45) is 1.67. The predicted molar refractivity (Wildman–Crippen MR) is 40.8 cm³/mol. The van der Waals surface area contributed by atoms with Gasteiger partial charge in [-0.1, -0.05) is 0 Å². The molecule has 2 nitrogen and oxygen atoms in total. The van der Waals surface area contributed by atoms with E-state index in [1.807, 2.05) is 18.4 Å². The Labute approximate surface area is 58.0 Å². The second-order valence-electron chi connectivity index (χ2n) is 1.75. The lowest BCUT2D eigenvalue weighted by Crippen LogP contribution is -1.83. The molecule has 0 unspecified atom stereocenters. The minimum Gasteiger partial charge on any atom is -0.323 e. The summed E-state index contributed by atoms with van der Waals surface area (Å²) >= 11 is 1.64. The van der Waals surface area contributed by atoms with Crippen LogP contribution in [-0.2, 0) is 0 Å². The van der Waals surface area contributed by atoms with Gasteiger partial charge in [0, 0.05) is 4.88 Å². The third-order valence-corrected chi connectivity index (χ3v) is 2.05. The van der Waals surface area contributed by atoms with Crippen molar-refractivity contribution in [2.45, 2.75) is 6.92 Å². The number of nitrogens with two attached hydrogens (primary N) is 1. The number of aryl methyl sites for hydroxylation is 1. The lowest BCUT2D eigenvalue weighted by atomic mass is 10.3. The minimum atomic E-state index is 1.14. The Balaban J connectivity index is 2.94. The summed E-state index contributed by atoms with van der Waals surface area (Å²) in [5.74, 6) is 4.96. The van der Waals surface area contributed by atoms with Crippen LogP contribution in [0.4, 0.5) is 0 Å². The van der Waals surface area contributed by atoms with E-state index in [0.717, 1.165) is 4.88 Å². The van der Waals surface area contributed by atoms with Crippen molar-refractivity contribution in [3.8, 4) is 0 Å². The molecular formula is C6H8N2S. The molecule has 0 radical (unpaired) electrons. The normalized spacial score (nSPS) is 10.8. The van der Waals surface area contributed by atoms with Gasteiger partial charge in [-0.25, -0.2) is 0 Å². The number of rotatable bonds is 1. The Hall–Kier alpha value is -0.830. The zero-order valence-electron chi connectivity index (χ0n) is 5.16. The van der Waals surface area contributed by atoms with Gasteiger partial charge in [0.05, 0.1) is 6.21 Å². The Bertz CT molecular complexity index is 215. The van der Waals surface area contributed by atoms with Crippen LogP contribution in [0.2, 0.25) is 0 Å². The maximum atomic E-state index is 4.96. The highest BCUT2D eigenvalue weighted by atomic mass is 32.1. The highest BCUT2D eigenvalue weighted by molar-refractivity contribution is 7.11. The lowest BCUT2D eigenvalue weighted by molar-refractivity contribution is 1.26. The maximum Gasteiger partial charge on any atom is 0.0640 e. The van der Waals surface area contributed by atoms with E-state index < -0.39 is 0 Å². The average Bonchev–Trinajstić information content (AvgIpc) is 2.18. The van der Waals surface area contributed by atoms with Crippen molar-refractivity contribution in [3.05, 3.63) is 21.9 Å². The summed E-state index contributed by atoms with van der Waals surface area (Å²) < 4.78 is 0. The summed E-state index contributed by atoms with van der Waals surface area (Å²) in [7, 11) is 0. The van der Waals surface area contributed by atoms with Crippen LogP contribution >= 0.6 is 11.3 Å². The molecule has 1 aromatic heterocycles. The van der Waals surface area contributed by atoms with Gasteiger partial charge in [-0.3, -0.25) is 0 Å². The third-order valence-electron chi connectivity index (χ3n) is 1.09. The highest BCUT2D eigenvalue weighted by Crippen LogP contribution is 2.11. The first-order valence-corrected chi connectivity index (χ1v) is 3.50. The van der Waals surface area contributed by atoms with Gasteiger partial charge >= 0.3 is 0 Å². The lowest BCUT2D eigenvalue weighted by Gasteiger charge is -1.83. The summed E-state index contributed by atoms with van der Waals surface area (Å²) in [5, 5.41) is 5.44. The summed E-state index contributed by atoms with van der Waals surface area (Å²) in [4.78, 5) is 1.14. The van der Waals surface area contributed by atoms with E-state index in [2.05, 4.69) is 5.10 Å². The number of hydrogen-bond donors (Lipinski definition) is 1. The molecule has 0 aliphatic heterocycles. The maximum absolute atomic E-state index is 4.96.